The van der Waals surface area contributed by atoms with Gasteiger partial charge in [0.2, 0.25) is 5.91 Å². The Hall–Kier alpha value is -4.03. The van der Waals surface area contributed by atoms with Crippen molar-refractivity contribution in [3.05, 3.63) is 87.3 Å². The summed E-state index contributed by atoms with van der Waals surface area (Å²) in [5.74, 6) is 0.581. The molecule has 1 fully saturated rings. The summed E-state index contributed by atoms with van der Waals surface area (Å²) in [4.78, 5) is 41.5. The van der Waals surface area contributed by atoms with Crippen LogP contribution >= 0.6 is 23.1 Å². The van der Waals surface area contributed by atoms with Crippen molar-refractivity contribution in [1.29, 1.82) is 0 Å². The molecular weight excluding hydrogens is 536 g/mol. The molecule has 0 saturated carbocycles. The van der Waals surface area contributed by atoms with E-state index in [0.717, 1.165) is 16.4 Å². The summed E-state index contributed by atoms with van der Waals surface area (Å²) in [5.41, 5.74) is 1.61. The Morgan fingerprint density at radius 2 is 1.90 bits per heavy atom. The Morgan fingerprint density at radius 3 is 2.59 bits per heavy atom. The molecule has 1 unspecified atom stereocenters. The normalized spacial score (nSPS) is 15.4. The summed E-state index contributed by atoms with van der Waals surface area (Å²) in [6, 6.07) is 18.0. The maximum Gasteiger partial charge on any atom is 0.273 e. The number of nitro benzene ring substituents is 1. The number of thioether (sulfide) groups is 1. The van der Waals surface area contributed by atoms with E-state index in [4.69, 9.17) is 0 Å². The molecule has 0 radical (unpaired) electrons. The third kappa shape index (κ3) is 5.57. The molecule has 0 bridgehead atoms. The molecule has 1 atom stereocenters. The van der Waals surface area contributed by atoms with Crippen LogP contribution in [-0.2, 0) is 4.79 Å². The highest BCUT2D eigenvalue weighted by Crippen LogP contribution is 2.30. The number of piperazine rings is 1. The van der Waals surface area contributed by atoms with Crippen molar-refractivity contribution in [1.82, 2.24) is 24.6 Å². The topological polar surface area (TPSA) is 114 Å². The molecule has 200 valence electrons. The van der Waals surface area contributed by atoms with E-state index in [2.05, 4.69) is 10.2 Å². The Morgan fingerprint density at radius 1 is 1.10 bits per heavy atom. The van der Waals surface area contributed by atoms with Crippen LogP contribution in [0.2, 0.25) is 0 Å². The first-order chi connectivity index (χ1) is 18.8. The summed E-state index contributed by atoms with van der Waals surface area (Å²) in [6.45, 7) is 4.64. The molecule has 10 nitrogen and oxygen atoms in total. The Bertz CT molecular complexity index is 1510. The van der Waals surface area contributed by atoms with Crippen LogP contribution < -0.4 is 0 Å². The summed E-state index contributed by atoms with van der Waals surface area (Å²) in [7, 11) is 0. The van der Waals surface area contributed by atoms with Gasteiger partial charge in [0.1, 0.15) is 0 Å². The number of aryl methyl sites for hydroxylation is 1. The van der Waals surface area contributed by atoms with Crippen LogP contribution in [0.1, 0.15) is 22.8 Å². The minimum atomic E-state index is -0.480. The van der Waals surface area contributed by atoms with Crippen molar-refractivity contribution in [3.8, 4) is 16.4 Å². The highest BCUT2D eigenvalue weighted by molar-refractivity contribution is 7.99. The number of nitro groups is 1. The van der Waals surface area contributed by atoms with E-state index < -0.39 is 4.92 Å². The van der Waals surface area contributed by atoms with E-state index in [9.17, 15) is 19.7 Å². The molecule has 1 aliphatic rings. The van der Waals surface area contributed by atoms with Gasteiger partial charge in [-0.1, -0.05) is 42.1 Å². The van der Waals surface area contributed by atoms with Gasteiger partial charge in [0.05, 0.1) is 15.6 Å². The summed E-state index contributed by atoms with van der Waals surface area (Å²) in [6.07, 6.45) is 0. The minimum Gasteiger partial charge on any atom is -0.338 e. The number of carbonyl (C=O) groups excluding carboxylic acids is 2. The lowest BCUT2D eigenvalue weighted by Gasteiger charge is -2.40. The fourth-order valence-corrected chi connectivity index (χ4v) is 6.10. The molecular formula is C27H26N6O4S2. The highest BCUT2D eigenvalue weighted by atomic mass is 32.2. The average Bonchev–Trinajstić information content (AvgIpc) is 3.62. The van der Waals surface area contributed by atoms with Gasteiger partial charge in [0.15, 0.2) is 11.0 Å². The summed E-state index contributed by atoms with van der Waals surface area (Å²) >= 11 is 2.91. The highest BCUT2D eigenvalue weighted by Gasteiger charge is 2.31. The van der Waals surface area contributed by atoms with E-state index >= 15 is 0 Å². The lowest BCUT2D eigenvalue weighted by Crippen LogP contribution is -2.55. The van der Waals surface area contributed by atoms with Gasteiger partial charge in [0, 0.05) is 48.6 Å². The van der Waals surface area contributed by atoms with Gasteiger partial charge >= 0.3 is 0 Å². The van der Waals surface area contributed by atoms with Crippen molar-refractivity contribution >= 4 is 40.6 Å². The fourth-order valence-electron chi connectivity index (χ4n) is 4.55. The van der Waals surface area contributed by atoms with Crippen molar-refractivity contribution in [2.45, 2.75) is 25.0 Å². The number of benzene rings is 2. The van der Waals surface area contributed by atoms with Gasteiger partial charge < -0.3 is 9.80 Å². The van der Waals surface area contributed by atoms with Crippen LogP contribution in [0.15, 0.2) is 71.2 Å². The van der Waals surface area contributed by atoms with Crippen LogP contribution in [0.25, 0.3) is 16.4 Å². The first kappa shape index (κ1) is 26.6. The number of hydrogen-bond acceptors (Lipinski definition) is 8. The third-order valence-corrected chi connectivity index (χ3v) is 8.39. The number of aromatic nitrogens is 3. The zero-order valence-electron chi connectivity index (χ0n) is 21.4. The van der Waals surface area contributed by atoms with Crippen LogP contribution in [0.5, 0.6) is 0 Å². The standard InChI is InChI=1S/C27H26N6O4S2/c1-18-10-11-20(15-22(18)33(36)37)26(35)31-13-12-30(16-19(31)2)24(34)17-39-27-29-28-25(23-9-6-14-38-23)32(27)21-7-4-3-5-8-21/h3-11,14-15,19H,12-13,16-17H2,1-2H3. The smallest absolute Gasteiger partial charge is 0.273 e. The zero-order valence-corrected chi connectivity index (χ0v) is 23.0. The lowest BCUT2D eigenvalue weighted by atomic mass is 10.1. The number of para-hydroxylation sites is 1. The first-order valence-corrected chi connectivity index (χ1v) is 14.2. The predicted molar refractivity (Wildman–Crippen MR) is 150 cm³/mol. The van der Waals surface area contributed by atoms with Crippen LogP contribution in [0.3, 0.4) is 0 Å². The molecule has 1 saturated heterocycles. The van der Waals surface area contributed by atoms with E-state index in [1.165, 1.54) is 17.8 Å². The van der Waals surface area contributed by atoms with Gasteiger partial charge in [0.25, 0.3) is 11.6 Å². The number of nitrogens with zero attached hydrogens (tertiary/aromatic N) is 6. The number of rotatable bonds is 7. The van der Waals surface area contributed by atoms with Gasteiger partial charge in [-0.2, -0.15) is 0 Å². The van der Waals surface area contributed by atoms with Crippen LogP contribution in [0, 0.1) is 17.0 Å². The zero-order chi connectivity index (χ0) is 27.5. The molecule has 0 N–H and O–H groups in total. The third-order valence-electron chi connectivity index (χ3n) is 6.61. The molecule has 2 aromatic heterocycles. The first-order valence-electron chi connectivity index (χ1n) is 12.3. The van der Waals surface area contributed by atoms with Crippen molar-refractivity contribution in [2.24, 2.45) is 0 Å². The molecule has 5 rings (SSSR count). The molecule has 2 amide bonds. The largest absolute Gasteiger partial charge is 0.338 e. The van der Waals surface area contributed by atoms with Gasteiger partial charge in [-0.25, -0.2) is 0 Å². The Balaban J connectivity index is 1.25. The molecule has 3 heterocycles. The van der Waals surface area contributed by atoms with E-state index in [0.29, 0.717) is 30.4 Å². The van der Waals surface area contributed by atoms with Crippen LogP contribution in [-0.4, -0.2) is 72.7 Å². The van der Waals surface area contributed by atoms with Crippen molar-refractivity contribution in [2.75, 3.05) is 25.4 Å². The molecule has 1 aliphatic heterocycles. The minimum absolute atomic E-state index is 0.0507. The van der Waals surface area contributed by atoms with Crippen molar-refractivity contribution in [3.63, 3.8) is 0 Å². The molecule has 2 aromatic carbocycles. The number of amides is 2. The molecule has 4 aromatic rings. The fraction of sp³-hybridized carbons (Fsp3) is 0.259. The number of carbonyl (C=O) groups is 2. The average molecular weight is 563 g/mol. The Labute approximate surface area is 233 Å². The van der Waals surface area contributed by atoms with Crippen molar-refractivity contribution < 1.29 is 14.5 Å². The Kier molecular flexibility index (Phi) is 7.75. The predicted octanol–water partition coefficient (Wildman–Crippen LogP) is 4.68. The molecule has 39 heavy (non-hydrogen) atoms. The second-order valence-corrected chi connectivity index (χ2v) is 11.1. The SMILES string of the molecule is Cc1ccc(C(=O)N2CCN(C(=O)CSc3nnc(-c4cccs4)n3-c3ccccc3)CC2C)cc1[N+](=O)[O-]. The summed E-state index contributed by atoms with van der Waals surface area (Å²) in [5, 5.41) is 22.7. The lowest BCUT2D eigenvalue weighted by molar-refractivity contribution is -0.385. The quantitative estimate of drug-likeness (QED) is 0.183. The van der Waals surface area contributed by atoms with Gasteiger partial charge in [-0.05, 0) is 43.5 Å². The molecule has 12 heteroatoms. The second-order valence-electron chi connectivity index (χ2n) is 9.19. The van der Waals surface area contributed by atoms with Gasteiger partial charge in [-0.15, -0.1) is 21.5 Å². The molecule has 0 aliphatic carbocycles. The van der Waals surface area contributed by atoms with E-state index in [1.807, 2.05) is 59.3 Å². The van der Waals surface area contributed by atoms with Crippen LogP contribution in [0.4, 0.5) is 5.69 Å². The maximum absolute atomic E-state index is 13.2. The monoisotopic (exact) mass is 562 g/mol. The molecule has 0 spiro atoms. The number of thiophene rings is 1. The van der Waals surface area contributed by atoms with E-state index in [1.54, 1.807) is 40.2 Å². The number of hydrogen-bond donors (Lipinski definition) is 0. The van der Waals surface area contributed by atoms with E-state index in [-0.39, 0.29) is 34.9 Å². The van der Waals surface area contributed by atoms with Gasteiger partial charge in [-0.3, -0.25) is 24.3 Å². The maximum atomic E-state index is 13.2. The second kappa shape index (κ2) is 11.4. The summed E-state index contributed by atoms with van der Waals surface area (Å²) < 4.78 is 1.96.